The summed E-state index contributed by atoms with van der Waals surface area (Å²) in [5, 5.41) is 11.0. The zero-order valence-electron chi connectivity index (χ0n) is 9.50. The van der Waals surface area contributed by atoms with Crippen molar-refractivity contribution < 1.29 is 5.11 Å². The molecule has 0 saturated carbocycles. The molecule has 0 saturated heterocycles. The molecule has 17 heavy (non-hydrogen) atoms. The average molecular weight is 332 g/mol. The molecule has 4 heteroatoms. The highest BCUT2D eigenvalue weighted by Crippen LogP contribution is 2.34. The van der Waals surface area contributed by atoms with Crippen LogP contribution < -0.4 is 0 Å². The van der Waals surface area contributed by atoms with E-state index >= 15 is 0 Å². The van der Waals surface area contributed by atoms with Crippen LogP contribution in [-0.2, 0) is 0 Å². The summed E-state index contributed by atoms with van der Waals surface area (Å²) in [6.07, 6.45) is -0.662. The molecule has 1 N–H and O–H groups in total. The molecule has 0 spiro atoms. The largest absolute Gasteiger partial charge is 0.384 e. The molecule has 1 nitrogen and oxygen atoms in total. The molecule has 0 amide bonds. The van der Waals surface area contributed by atoms with Gasteiger partial charge in [-0.2, -0.15) is 0 Å². The third-order valence-electron chi connectivity index (χ3n) is 2.63. The van der Waals surface area contributed by atoms with E-state index in [-0.39, 0.29) is 0 Å². The van der Waals surface area contributed by atoms with Gasteiger partial charge in [0, 0.05) is 24.8 Å². The van der Waals surface area contributed by atoms with Gasteiger partial charge in [-0.3, -0.25) is 0 Å². The van der Waals surface area contributed by atoms with E-state index in [4.69, 9.17) is 11.6 Å². The molecule has 1 aromatic carbocycles. The van der Waals surface area contributed by atoms with Gasteiger partial charge in [-0.05, 0) is 43.7 Å². The van der Waals surface area contributed by atoms with Crippen LogP contribution in [0.5, 0.6) is 0 Å². The lowest BCUT2D eigenvalue weighted by Gasteiger charge is -2.13. The number of aliphatic hydroxyl groups is 1. The molecule has 0 aliphatic rings. The maximum atomic E-state index is 10.4. The number of halogens is 2. The Bertz CT molecular complexity index is 550. The van der Waals surface area contributed by atoms with E-state index in [9.17, 15) is 5.11 Å². The first-order valence-electron chi connectivity index (χ1n) is 5.19. The predicted molar refractivity (Wildman–Crippen MR) is 77.0 cm³/mol. The van der Waals surface area contributed by atoms with Crippen molar-refractivity contribution >= 4 is 38.9 Å². The van der Waals surface area contributed by atoms with Gasteiger partial charge in [0.1, 0.15) is 6.10 Å². The molecule has 2 aromatic rings. The second kappa shape index (κ2) is 5.11. The van der Waals surface area contributed by atoms with Gasteiger partial charge in [0.15, 0.2) is 0 Å². The number of aliphatic hydroxyl groups excluding tert-OH is 1. The van der Waals surface area contributed by atoms with Crippen molar-refractivity contribution in [3.63, 3.8) is 0 Å². The molecular weight excluding hydrogens is 320 g/mol. The zero-order chi connectivity index (χ0) is 12.6. The third kappa shape index (κ3) is 2.74. The van der Waals surface area contributed by atoms with Crippen LogP contribution >= 0.6 is 38.9 Å². The molecule has 0 aliphatic heterocycles. The molecule has 90 valence electrons. The van der Waals surface area contributed by atoms with Crippen LogP contribution in [0, 0.1) is 13.8 Å². The standard InChI is InChI=1S/C13H12BrClOS/c1-7-5-10(8(2)17-7)13(16)11-6-9(14)3-4-12(11)15/h3-6,13,16H,1-2H3. The lowest BCUT2D eigenvalue weighted by Crippen LogP contribution is -2.00. The molecular formula is C13H12BrClOS. The number of hydrogen-bond donors (Lipinski definition) is 1. The Labute approximate surface area is 118 Å². The number of aryl methyl sites for hydroxylation is 2. The molecule has 1 unspecified atom stereocenters. The van der Waals surface area contributed by atoms with E-state index in [0.29, 0.717) is 5.02 Å². The average Bonchev–Trinajstić information content (AvgIpc) is 2.60. The minimum absolute atomic E-state index is 0.587. The molecule has 1 atom stereocenters. The van der Waals surface area contributed by atoms with Crippen LogP contribution in [0.15, 0.2) is 28.7 Å². The van der Waals surface area contributed by atoms with Gasteiger partial charge in [0.2, 0.25) is 0 Å². The van der Waals surface area contributed by atoms with E-state index in [1.54, 1.807) is 17.4 Å². The summed E-state index contributed by atoms with van der Waals surface area (Å²) in [6, 6.07) is 7.53. The molecule has 2 rings (SSSR count). The minimum Gasteiger partial charge on any atom is -0.384 e. The fourth-order valence-electron chi connectivity index (χ4n) is 1.81. The monoisotopic (exact) mass is 330 g/mol. The van der Waals surface area contributed by atoms with Crippen LogP contribution in [0.2, 0.25) is 5.02 Å². The van der Waals surface area contributed by atoms with Crippen molar-refractivity contribution in [3.05, 3.63) is 54.6 Å². The van der Waals surface area contributed by atoms with Crippen molar-refractivity contribution in [3.8, 4) is 0 Å². The number of rotatable bonds is 2. The van der Waals surface area contributed by atoms with Gasteiger partial charge in [-0.1, -0.05) is 27.5 Å². The fraction of sp³-hybridized carbons (Fsp3) is 0.231. The van der Waals surface area contributed by atoms with E-state index in [1.165, 1.54) is 4.88 Å². The Morgan fingerprint density at radius 1 is 1.24 bits per heavy atom. The van der Waals surface area contributed by atoms with Gasteiger partial charge >= 0.3 is 0 Å². The fourth-order valence-corrected chi connectivity index (χ4v) is 3.37. The Kier molecular flexibility index (Phi) is 3.93. The quantitative estimate of drug-likeness (QED) is 0.833. The molecule has 0 fully saturated rings. The molecule has 0 bridgehead atoms. The van der Waals surface area contributed by atoms with Crippen molar-refractivity contribution in [2.45, 2.75) is 20.0 Å². The Morgan fingerprint density at radius 3 is 2.53 bits per heavy atom. The normalized spacial score (nSPS) is 12.8. The van der Waals surface area contributed by atoms with Crippen molar-refractivity contribution in [2.24, 2.45) is 0 Å². The van der Waals surface area contributed by atoms with E-state index < -0.39 is 6.10 Å². The minimum atomic E-state index is -0.662. The van der Waals surface area contributed by atoms with Crippen LogP contribution in [0.4, 0.5) is 0 Å². The summed E-state index contributed by atoms with van der Waals surface area (Å²) >= 11 is 11.2. The number of hydrogen-bond acceptors (Lipinski definition) is 2. The maximum absolute atomic E-state index is 10.4. The summed E-state index contributed by atoms with van der Waals surface area (Å²) in [5.74, 6) is 0. The number of benzene rings is 1. The summed E-state index contributed by atoms with van der Waals surface area (Å²) in [4.78, 5) is 2.33. The Hall–Kier alpha value is -0.350. The van der Waals surface area contributed by atoms with Gasteiger partial charge in [0.05, 0.1) is 0 Å². The molecule has 0 radical (unpaired) electrons. The Balaban J connectivity index is 2.46. The highest BCUT2D eigenvalue weighted by molar-refractivity contribution is 9.10. The van der Waals surface area contributed by atoms with Crippen LogP contribution in [0.1, 0.15) is 27.0 Å². The molecule has 1 aromatic heterocycles. The van der Waals surface area contributed by atoms with E-state index in [1.807, 2.05) is 32.0 Å². The highest BCUT2D eigenvalue weighted by atomic mass is 79.9. The topological polar surface area (TPSA) is 20.2 Å². The SMILES string of the molecule is Cc1cc(C(O)c2cc(Br)ccc2Cl)c(C)s1. The third-order valence-corrected chi connectivity index (χ3v) is 4.45. The smallest absolute Gasteiger partial charge is 0.107 e. The van der Waals surface area contributed by atoms with Gasteiger partial charge in [0.25, 0.3) is 0 Å². The summed E-state index contributed by atoms with van der Waals surface area (Å²) < 4.78 is 0.917. The second-order valence-electron chi connectivity index (χ2n) is 3.94. The maximum Gasteiger partial charge on any atom is 0.107 e. The Morgan fingerprint density at radius 2 is 1.94 bits per heavy atom. The van der Waals surface area contributed by atoms with Crippen molar-refractivity contribution in [1.29, 1.82) is 0 Å². The van der Waals surface area contributed by atoms with Crippen LogP contribution in [-0.4, -0.2) is 5.11 Å². The van der Waals surface area contributed by atoms with E-state index in [0.717, 1.165) is 20.5 Å². The zero-order valence-corrected chi connectivity index (χ0v) is 12.7. The summed E-state index contributed by atoms with van der Waals surface area (Å²) in [7, 11) is 0. The molecule has 0 aliphatic carbocycles. The lowest BCUT2D eigenvalue weighted by atomic mass is 10.0. The van der Waals surface area contributed by atoms with E-state index in [2.05, 4.69) is 15.9 Å². The first-order chi connectivity index (χ1) is 7.99. The predicted octanol–water partition coefficient (Wildman–Crippen LogP) is 4.86. The van der Waals surface area contributed by atoms with Crippen molar-refractivity contribution in [1.82, 2.24) is 0 Å². The van der Waals surface area contributed by atoms with Gasteiger partial charge in [-0.25, -0.2) is 0 Å². The first-order valence-corrected chi connectivity index (χ1v) is 7.17. The van der Waals surface area contributed by atoms with Crippen molar-refractivity contribution in [2.75, 3.05) is 0 Å². The van der Waals surface area contributed by atoms with Crippen LogP contribution in [0.25, 0.3) is 0 Å². The second-order valence-corrected chi connectivity index (χ2v) is 6.72. The molecule has 1 heterocycles. The van der Waals surface area contributed by atoms with Gasteiger partial charge < -0.3 is 5.11 Å². The van der Waals surface area contributed by atoms with Gasteiger partial charge in [-0.15, -0.1) is 11.3 Å². The first kappa shape index (κ1) is 13.1. The summed E-state index contributed by atoms with van der Waals surface area (Å²) in [5.41, 5.74) is 1.68. The van der Waals surface area contributed by atoms with Crippen LogP contribution in [0.3, 0.4) is 0 Å². The number of thiophene rings is 1. The highest BCUT2D eigenvalue weighted by Gasteiger charge is 2.18. The summed E-state index contributed by atoms with van der Waals surface area (Å²) in [6.45, 7) is 4.05. The lowest BCUT2D eigenvalue weighted by molar-refractivity contribution is 0.220.